The van der Waals surface area contributed by atoms with Crippen LogP contribution in [0.2, 0.25) is 0 Å². The van der Waals surface area contributed by atoms with Gasteiger partial charge in [-0.1, -0.05) is 0 Å². The van der Waals surface area contributed by atoms with Gasteiger partial charge in [-0.2, -0.15) is 5.10 Å². The van der Waals surface area contributed by atoms with Crippen molar-refractivity contribution in [1.82, 2.24) is 24.3 Å². The van der Waals surface area contributed by atoms with Crippen molar-refractivity contribution in [2.24, 2.45) is 7.05 Å². The zero-order valence-corrected chi connectivity index (χ0v) is 10.3. The lowest BCUT2D eigenvalue weighted by molar-refractivity contribution is 0.676. The van der Waals surface area contributed by atoms with Gasteiger partial charge < -0.3 is 5.73 Å². The standard InChI is InChI=1S/C12H14N6/c1-8-3-4-10-11(15-8)18(12(13)16-10)7-9-5-6-14-17(9)2/h3-6H,7H2,1-2H3,(H2,13,16). The minimum absolute atomic E-state index is 0.476. The Labute approximate surface area is 104 Å². The number of aromatic nitrogens is 5. The van der Waals surface area contributed by atoms with Crippen LogP contribution in [0.15, 0.2) is 24.4 Å². The Bertz CT molecular complexity index is 709. The quantitative estimate of drug-likeness (QED) is 0.730. The van der Waals surface area contributed by atoms with Gasteiger partial charge in [0, 0.05) is 18.9 Å². The molecule has 0 fully saturated rings. The van der Waals surface area contributed by atoms with E-state index in [1.165, 1.54) is 0 Å². The van der Waals surface area contributed by atoms with E-state index in [1.807, 2.05) is 41.4 Å². The second-order valence-electron chi connectivity index (χ2n) is 4.30. The molecule has 3 aromatic rings. The normalized spacial score (nSPS) is 11.2. The minimum atomic E-state index is 0.476. The van der Waals surface area contributed by atoms with E-state index in [0.29, 0.717) is 12.5 Å². The zero-order valence-electron chi connectivity index (χ0n) is 10.3. The van der Waals surface area contributed by atoms with Gasteiger partial charge in [0.05, 0.1) is 12.2 Å². The van der Waals surface area contributed by atoms with Crippen LogP contribution in [0.5, 0.6) is 0 Å². The minimum Gasteiger partial charge on any atom is -0.369 e. The summed E-state index contributed by atoms with van der Waals surface area (Å²) in [4.78, 5) is 8.81. The van der Waals surface area contributed by atoms with E-state index in [1.54, 1.807) is 6.20 Å². The van der Waals surface area contributed by atoms with E-state index < -0.39 is 0 Å². The van der Waals surface area contributed by atoms with E-state index in [0.717, 1.165) is 22.6 Å². The molecule has 92 valence electrons. The van der Waals surface area contributed by atoms with Crippen LogP contribution in [0.1, 0.15) is 11.4 Å². The Balaban J connectivity index is 2.13. The Morgan fingerprint density at radius 1 is 1.22 bits per heavy atom. The lowest BCUT2D eigenvalue weighted by Gasteiger charge is -2.06. The first kappa shape index (κ1) is 10.8. The molecule has 0 aliphatic heterocycles. The molecule has 6 heteroatoms. The Kier molecular flexibility index (Phi) is 2.29. The molecule has 6 nitrogen and oxygen atoms in total. The molecule has 0 amide bonds. The van der Waals surface area contributed by atoms with Crippen molar-refractivity contribution in [3.8, 4) is 0 Å². The van der Waals surface area contributed by atoms with Crippen molar-refractivity contribution in [1.29, 1.82) is 0 Å². The van der Waals surface area contributed by atoms with Gasteiger partial charge in [-0.15, -0.1) is 0 Å². The molecular formula is C12H14N6. The van der Waals surface area contributed by atoms with Crippen molar-refractivity contribution >= 4 is 17.1 Å². The average Bonchev–Trinajstić information content (AvgIpc) is 2.86. The summed E-state index contributed by atoms with van der Waals surface area (Å²) in [5.74, 6) is 0.476. The van der Waals surface area contributed by atoms with Gasteiger partial charge in [0.2, 0.25) is 5.95 Å². The molecule has 3 heterocycles. The van der Waals surface area contributed by atoms with Crippen molar-refractivity contribution in [3.05, 3.63) is 35.8 Å². The summed E-state index contributed by atoms with van der Waals surface area (Å²) in [5, 5.41) is 4.15. The van der Waals surface area contributed by atoms with Gasteiger partial charge in [-0.05, 0) is 25.1 Å². The van der Waals surface area contributed by atoms with Gasteiger partial charge in [-0.25, -0.2) is 9.97 Å². The topological polar surface area (TPSA) is 74.5 Å². The summed E-state index contributed by atoms with van der Waals surface area (Å²) in [5.41, 5.74) is 9.60. The van der Waals surface area contributed by atoms with E-state index in [-0.39, 0.29) is 0 Å². The summed E-state index contributed by atoms with van der Waals surface area (Å²) >= 11 is 0. The molecule has 0 unspecified atom stereocenters. The highest BCUT2D eigenvalue weighted by molar-refractivity contribution is 5.74. The Hall–Kier alpha value is -2.37. The first-order chi connectivity index (χ1) is 8.65. The largest absolute Gasteiger partial charge is 0.369 e. The number of imidazole rings is 1. The van der Waals surface area contributed by atoms with Crippen LogP contribution in [-0.4, -0.2) is 24.3 Å². The fourth-order valence-corrected chi connectivity index (χ4v) is 1.99. The molecule has 3 rings (SSSR count). The number of nitrogens with zero attached hydrogens (tertiary/aromatic N) is 5. The number of pyridine rings is 1. The molecule has 0 atom stereocenters. The van der Waals surface area contributed by atoms with Crippen LogP contribution in [0.4, 0.5) is 5.95 Å². The third-order valence-electron chi connectivity index (χ3n) is 3.00. The lowest BCUT2D eigenvalue weighted by atomic mass is 10.3. The van der Waals surface area contributed by atoms with Crippen LogP contribution in [-0.2, 0) is 13.6 Å². The van der Waals surface area contributed by atoms with E-state index in [2.05, 4.69) is 15.1 Å². The molecule has 0 aliphatic rings. The lowest BCUT2D eigenvalue weighted by Crippen LogP contribution is -2.09. The molecule has 0 aromatic carbocycles. The molecule has 0 saturated heterocycles. The van der Waals surface area contributed by atoms with Crippen molar-refractivity contribution < 1.29 is 0 Å². The Morgan fingerprint density at radius 2 is 2.06 bits per heavy atom. The number of nitrogens with two attached hydrogens (primary N) is 1. The number of rotatable bonds is 2. The second-order valence-corrected chi connectivity index (χ2v) is 4.30. The van der Waals surface area contributed by atoms with Crippen LogP contribution >= 0.6 is 0 Å². The summed E-state index contributed by atoms with van der Waals surface area (Å²) < 4.78 is 3.72. The van der Waals surface area contributed by atoms with Gasteiger partial charge >= 0.3 is 0 Å². The first-order valence-electron chi connectivity index (χ1n) is 5.71. The van der Waals surface area contributed by atoms with E-state index in [4.69, 9.17) is 5.73 Å². The monoisotopic (exact) mass is 242 g/mol. The average molecular weight is 242 g/mol. The molecule has 2 N–H and O–H groups in total. The number of fused-ring (bicyclic) bond motifs is 1. The summed E-state index contributed by atoms with van der Waals surface area (Å²) in [6.45, 7) is 2.58. The third-order valence-corrected chi connectivity index (χ3v) is 3.00. The van der Waals surface area contributed by atoms with Gasteiger partial charge in [-0.3, -0.25) is 9.25 Å². The zero-order chi connectivity index (χ0) is 12.7. The number of anilines is 1. The molecule has 0 aliphatic carbocycles. The maximum atomic E-state index is 5.95. The SMILES string of the molecule is Cc1ccc2nc(N)n(Cc3ccnn3C)c2n1. The van der Waals surface area contributed by atoms with Crippen LogP contribution in [0.25, 0.3) is 11.2 Å². The van der Waals surface area contributed by atoms with Crippen molar-refractivity contribution in [3.63, 3.8) is 0 Å². The predicted molar refractivity (Wildman–Crippen MR) is 69.0 cm³/mol. The molecule has 0 radical (unpaired) electrons. The fourth-order valence-electron chi connectivity index (χ4n) is 1.99. The van der Waals surface area contributed by atoms with Gasteiger partial charge in [0.15, 0.2) is 5.65 Å². The molecule has 0 saturated carbocycles. The van der Waals surface area contributed by atoms with Crippen LogP contribution in [0, 0.1) is 6.92 Å². The van der Waals surface area contributed by atoms with Crippen molar-refractivity contribution in [2.75, 3.05) is 5.73 Å². The maximum absolute atomic E-state index is 5.95. The number of aryl methyl sites for hydroxylation is 2. The number of hydrogen-bond acceptors (Lipinski definition) is 4. The number of nitrogen functional groups attached to an aromatic ring is 1. The molecule has 18 heavy (non-hydrogen) atoms. The summed E-state index contributed by atoms with van der Waals surface area (Å²) in [7, 11) is 1.91. The first-order valence-corrected chi connectivity index (χ1v) is 5.71. The summed E-state index contributed by atoms with van der Waals surface area (Å²) in [6, 6.07) is 5.83. The molecule has 0 bridgehead atoms. The highest BCUT2D eigenvalue weighted by Crippen LogP contribution is 2.17. The fraction of sp³-hybridized carbons (Fsp3) is 0.250. The van der Waals surface area contributed by atoms with Crippen LogP contribution < -0.4 is 5.73 Å². The maximum Gasteiger partial charge on any atom is 0.202 e. The highest BCUT2D eigenvalue weighted by atomic mass is 15.3. The van der Waals surface area contributed by atoms with E-state index >= 15 is 0 Å². The molecular weight excluding hydrogens is 228 g/mol. The number of hydrogen-bond donors (Lipinski definition) is 1. The van der Waals surface area contributed by atoms with Gasteiger partial charge in [0.25, 0.3) is 0 Å². The predicted octanol–water partition coefficient (Wildman–Crippen LogP) is 1.10. The van der Waals surface area contributed by atoms with Crippen molar-refractivity contribution in [2.45, 2.75) is 13.5 Å². The third kappa shape index (κ3) is 1.62. The second kappa shape index (κ2) is 3.83. The highest BCUT2D eigenvalue weighted by Gasteiger charge is 2.11. The Morgan fingerprint density at radius 3 is 2.78 bits per heavy atom. The van der Waals surface area contributed by atoms with Crippen LogP contribution in [0.3, 0.4) is 0 Å². The molecule has 3 aromatic heterocycles. The van der Waals surface area contributed by atoms with E-state index in [9.17, 15) is 0 Å². The van der Waals surface area contributed by atoms with Gasteiger partial charge in [0.1, 0.15) is 5.52 Å². The molecule has 0 spiro atoms. The smallest absolute Gasteiger partial charge is 0.202 e. The summed E-state index contributed by atoms with van der Waals surface area (Å²) in [6.07, 6.45) is 1.77.